The molecule has 5 heteroatoms. The van der Waals surface area contributed by atoms with E-state index in [1.54, 1.807) is 11.8 Å². The predicted molar refractivity (Wildman–Crippen MR) is 72.4 cm³/mol. The third kappa shape index (κ3) is 7.63. The van der Waals surface area contributed by atoms with Crippen LogP contribution in [0.25, 0.3) is 0 Å². The minimum absolute atomic E-state index is 0.465. The molecular weight excluding hydrogens is 238 g/mol. The van der Waals surface area contributed by atoms with Crippen molar-refractivity contribution in [1.29, 1.82) is 0 Å². The molecule has 3 N–H and O–H groups in total. The maximum Gasteiger partial charge on any atom is 0.321 e. The van der Waals surface area contributed by atoms with Crippen molar-refractivity contribution in [3.05, 3.63) is 0 Å². The highest BCUT2D eigenvalue weighted by atomic mass is 32.2. The van der Waals surface area contributed by atoms with Gasteiger partial charge in [0.25, 0.3) is 0 Å². The van der Waals surface area contributed by atoms with E-state index in [2.05, 4.69) is 13.8 Å². The molecule has 1 atom stereocenters. The Kier molecular flexibility index (Phi) is 7.83. The summed E-state index contributed by atoms with van der Waals surface area (Å²) >= 11 is 1.54. The summed E-state index contributed by atoms with van der Waals surface area (Å²) in [6, 6.07) is -0.844. The Bertz CT molecular complexity index is 232. The van der Waals surface area contributed by atoms with Crippen LogP contribution in [0.4, 0.5) is 0 Å². The van der Waals surface area contributed by atoms with Gasteiger partial charge in [-0.25, -0.2) is 0 Å². The highest BCUT2D eigenvalue weighted by molar-refractivity contribution is 8.00. The highest BCUT2D eigenvalue weighted by Crippen LogP contribution is 2.27. The molecule has 0 saturated heterocycles. The maximum atomic E-state index is 10.8. The zero-order valence-electron chi connectivity index (χ0n) is 11.2. The van der Waals surface area contributed by atoms with E-state index in [1.807, 2.05) is 13.8 Å². The second-order valence-electron chi connectivity index (χ2n) is 5.06. The van der Waals surface area contributed by atoms with Gasteiger partial charge in [-0.3, -0.25) is 4.79 Å². The van der Waals surface area contributed by atoms with Crippen LogP contribution in [0.2, 0.25) is 0 Å². The lowest BCUT2D eigenvalue weighted by Gasteiger charge is -2.27. The first-order valence-corrected chi connectivity index (χ1v) is 6.96. The third-order valence-electron chi connectivity index (χ3n) is 2.56. The third-order valence-corrected chi connectivity index (χ3v) is 3.93. The number of carboxylic acid groups (broad SMARTS) is 1. The molecule has 0 aliphatic heterocycles. The second-order valence-corrected chi connectivity index (χ2v) is 6.81. The Morgan fingerprint density at radius 3 is 2.47 bits per heavy atom. The molecule has 0 radical (unpaired) electrons. The Morgan fingerprint density at radius 1 is 1.41 bits per heavy atom. The summed E-state index contributed by atoms with van der Waals surface area (Å²) in [5, 5.41) is 8.85. The van der Waals surface area contributed by atoms with Gasteiger partial charge in [-0.2, -0.15) is 11.8 Å². The second kappa shape index (κ2) is 7.95. The van der Waals surface area contributed by atoms with Gasteiger partial charge in [0.1, 0.15) is 6.04 Å². The molecule has 0 aliphatic rings. The predicted octanol–water partition coefficient (Wildman–Crippen LogP) is 1.97. The molecule has 0 aromatic heterocycles. The van der Waals surface area contributed by atoms with E-state index < -0.39 is 16.8 Å². The number of hydrogen-bond donors (Lipinski definition) is 2. The van der Waals surface area contributed by atoms with Crippen LogP contribution in [0, 0.1) is 5.92 Å². The Morgan fingerprint density at radius 2 is 2.00 bits per heavy atom. The molecular formula is C12H25NO3S. The van der Waals surface area contributed by atoms with Crippen molar-refractivity contribution in [2.24, 2.45) is 11.7 Å². The fraction of sp³-hybridized carbons (Fsp3) is 0.917. The van der Waals surface area contributed by atoms with E-state index in [0.29, 0.717) is 12.5 Å². The summed E-state index contributed by atoms with van der Waals surface area (Å²) in [6.07, 6.45) is 1.06. The number of rotatable bonds is 9. The van der Waals surface area contributed by atoms with Crippen molar-refractivity contribution in [1.82, 2.24) is 0 Å². The molecule has 102 valence electrons. The largest absolute Gasteiger partial charge is 0.480 e. The van der Waals surface area contributed by atoms with Crippen LogP contribution in [0.1, 0.15) is 34.1 Å². The minimum atomic E-state index is -0.955. The van der Waals surface area contributed by atoms with E-state index in [4.69, 9.17) is 15.6 Å². The first-order valence-electron chi connectivity index (χ1n) is 5.97. The molecule has 0 saturated carbocycles. The van der Waals surface area contributed by atoms with Gasteiger partial charge in [0, 0.05) is 17.1 Å². The lowest BCUT2D eigenvalue weighted by molar-refractivity contribution is -0.139. The number of ether oxygens (including phenoxy) is 1. The molecule has 0 heterocycles. The summed E-state index contributed by atoms with van der Waals surface area (Å²) in [4.78, 5) is 10.8. The van der Waals surface area contributed by atoms with Crippen LogP contribution in [-0.4, -0.2) is 40.8 Å². The number of hydrogen-bond acceptors (Lipinski definition) is 4. The van der Waals surface area contributed by atoms with Crippen molar-refractivity contribution >= 4 is 17.7 Å². The van der Waals surface area contributed by atoms with Gasteiger partial charge in [0.2, 0.25) is 0 Å². The smallest absolute Gasteiger partial charge is 0.321 e. The van der Waals surface area contributed by atoms with E-state index in [0.717, 1.165) is 18.8 Å². The fourth-order valence-corrected chi connectivity index (χ4v) is 2.18. The van der Waals surface area contributed by atoms with Gasteiger partial charge >= 0.3 is 5.97 Å². The quantitative estimate of drug-likeness (QED) is 0.622. The van der Waals surface area contributed by atoms with E-state index >= 15 is 0 Å². The molecule has 0 aliphatic carbocycles. The van der Waals surface area contributed by atoms with E-state index in [-0.39, 0.29) is 0 Å². The van der Waals surface area contributed by atoms with Gasteiger partial charge in [0.05, 0.1) is 6.61 Å². The van der Waals surface area contributed by atoms with Crippen molar-refractivity contribution < 1.29 is 14.6 Å². The number of nitrogens with two attached hydrogens (primary N) is 1. The summed E-state index contributed by atoms with van der Waals surface area (Å²) in [7, 11) is 0. The number of carbonyl (C=O) groups is 1. The highest BCUT2D eigenvalue weighted by Gasteiger charge is 2.32. The number of carboxylic acids is 1. The van der Waals surface area contributed by atoms with Crippen LogP contribution in [-0.2, 0) is 9.53 Å². The molecule has 0 aromatic rings. The fourth-order valence-electron chi connectivity index (χ4n) is 1.17. The molecule has 0 fully saturated rings. The minimum Gasteiger partial charge on any atom is -0.480 e. The van der Waals surface area contributed by atoms with E-state index in [9.17, 15) is 4.79 Å². The van der Waals surface area contributed by atoms with Gasteiger partial charge in [-0.1, -0.05) is 13.8 Å². The van der Waals surface area contributed by atoms with Crippen LogP contribution in [0.15, 0.2) is 0 Å². The molecule has 0 bridgehead atoms. The first-order chi connectivity index (χ1) is 7.77. The Labute approximate surface area is 108 Å². The number of thioether (sulfide) groups is 1. The maximum absolute atomic E-state index is 10.8. The van der Waals surface area contributed by atoms with Gasteiger partial charge in [-0.05, 0) is 26.2 Å². The van der Waals surface area contributed by atoms with E-state index in [1.165, 1.54) is 0 Å². The average Bonchev–Trinajstić information content (AvgIpc) is 2.21. The first kappa shape index (κ1) is 16.7. The standard InChI is InChI=1S/C12H25NO3S/c1-9(2)5-6-16-7-8-17-12(3,4)10(13)11(14)15/h9-10H,5-8,13H2,1-4H3,(H,14,15)/t10-/m1/s1. The molecule has 0 amide bonds. The van der Waals surface area contributed by atoms with Crippen molar-refractivity contribution in [2.75, 3.05) is 19.0 Å². The van der Waals surface area contributed by atoms with Crippen LogP contribution in [0.5, 0.6) is 0 Å². The van der Waals surface area contributed by atoms with Crippen LogP contribution in [0.3, 0.4) is 0 Å². The molecule has 4 nitrogen and oxygen atoms in total. The van der Waals surface area contributed by atoms with Crippen LogP contribution < -0.4 is 5.73 Å². The Balaban J connectivity index is 3.69. The zero-order chi connectivity index (χ0) is 13.5. The molecule has 17 heavy (non-hydrogen) atoms. The molecule has 0 aromatic carbocycles. The summed E-state index contributed by atoms with van der Waals surface area (Å²) < 4.78 is 5.01. The number of aliphatic carboxylic acids is 1. The van der Waals surface area contributed by atoms with Crippen LogP contribution >= 0.6 is 11.8 Å². The molecule has 0 rings (SSSR count). The SMILES string of the molecule is CC(C)CCOCCSC(C)(C)[C@H](N)C(=O)O. The van der Waals surface area contributed by atoms with Gasteiger partial charge in [0.15, 0.2) is 0 Å². The Hall–Kier alpha value is -0.260. The van der Waals surface area contributed by atoms with Gasteiger partial charge in [-0.15, -0.1) is 0 Å². The topological polar surface area (TPSA) is 72.5 Å². The van der Waals surface area contributed by atoms with Crippen molar-refractivity contribution in [2.45, 2.75) is 44.9 Å². The van der Waals surface area contributed by atoms with Crippen molar-refractivity contribution in [3.63, 3.8) is 0 Å². The molecule has 0 unspecified atom stereocenters. The monoisotopic (exact) mass is 263 g/mol. The summed E-state index contributed by atoms with van der Waals surface area (Å²) in [5.41, 5.74) is 5.61. The van der Waals surface area contributed by atoms with Crippen molar-refractivity contribution in [3.8, 4) is 0 Å². The molecule has 0 spiro atoms. The van der Waals surface area contributed by atoms with Gasteiger partial charge < -0.3 is 15.6 Å². The zero-order valence-corrected chi connectivity index (χ0v) is 12.0. The lowest BCUT2D eigenvalue weighted by atomic mass is 10.1. The summed E-state index contributed by atoms with van der Waals surface area (Å²) in [6.45, 7) is 9.44. The lowest BCUT2D eigenvalue weighted by Crippen LogP contribution is -2.47. The average molecular weight is 263 g/mol. The normalized spacial score (nSPS) is 14.0. The summed E-state index contributed by atoms with van der Waals surface area (Å²) in [5.74, 6) is 0.467.